The Morgan fingerprint density at radius 1 is 1.18 bits per heavy atom. The van der Waals surface area contributed by atoms with E-state index in [0.717, 1.165) is 44.1 Å². The first kappa shape index (κ1) is 21.8. The lowest BCUT2D eigenvalue weighted by atomic mass is 10.1. The Morgan fingerprint density at radius 2 is 2.06 bits per heavy atom. The number of carbonyl (C=O) groups is 1. The number of amides is 1. The lowest BCUT2D eigenvalue weighted by Gasteiger charge is -2.18. The Labute approximate surface area is 201 Å². The number of rotatable bonds is 4. The molecule has 7 nitrogen and oxygen atoms in total. The normalized spacial score (nSPS) is 13.9. The van der Waals surface area contributed by atoms with Crippen LogP contribution in [0.2, 0.25) is 0 Å². The minimum atomic E-state index is -0.168. The lowest BCUT2D eigenvalue weighted by Crippen LogP contribution is -2.25. The predicted molar refractivity (Wildman–Crippen MR) is 135 cm³/mol. The van der Waals surface area contributed by atoms with Crippen molar-refractivity contribution in [2.75, 3.05) is 11.9 Å². The monoisotopic (exact) mass is 469 g/mol. The SMILES string of the molecule is CC(=Nn1c(-c2ccc3c(c2)NC(=O)CO3)csc1=Nc1cc(C)ccc1C)c1cccnc1. The Bertz CT molecular complexity index is 1480. The smallest absolute Gasteiger partial charge is 0.262 e. The van der Waals surface area contributed by atoms with Crippen molar-refractivity contribution < 1.29 is 9.53 Å². The van der Waals surface area contributed by atoms with Crippen LogP contribution >= 0.6 is 11.3 Å². The number of hydrogen-bond acceptors (Lipinski definition) is 6. The van der Waals surface area contributed by atoms with E-state index in [2.05, 4.69) is 35.4 Å². The van der Waals surface area contributed by atoms with Gasteiger partial charge in [-0.1, -0.05) is 18.2 Å². The van der Waals surface area contributed by atoms with Crippen LogP contribution in [0.25, 0.3) is 11.3 Å². The first-order valence-corrected chi connectivity index (χ1v) is 11.7. The maximum Gasteiger partial charge on any atom is 0.262 e. The number of carbonyl (C=O) groups excluding carboxylic acids is 1. The zero-order valence-electron chi connectivity index (χ0n) is 19.1. The highest BCUT2D eigenvalue weighted by Gasteiger charge is 2.18. The molecule has 170 valence electrons. The number of nitrogens with one attached hydrogen (secondary N) is 1. The highest BCUT2D eigenvalue weighted by atomic mass is 32.1. The van der Waals surface area contributed by atoms with E-state index < -0.39 is 0 Å². The van der Waals surface area contributed by atoms with Gasteiger partial charge in [0, 0.05) is 28.9 Å². The van der Waals surface area contributed by atoms with Crippen molar-refractivity contribution >= 4 is 34.3 Å². The molecule has 0 spiro atoms. The summed E-state index contributed by atoms with van der Waals surface area (Å²) in [5.41, 5.74) is 7.28. The molecule has 0 bridgehead atoms. The van der Waals surface area contributed by atoms with Gasteiger partial charge in [0.25, 0.3) is 5.91 Å². The van der Waals surface area contributed by atoms with Gasteiger partial charge in [0.05, 0.1) is 22.8 Å². The molecule has 1 amide bonds. The first-order chi connectivity index (χ1) is 16.5. The maximum atomic E-state index is 11.8. The van der Waals surface area contributed by atoms with Gasteiger partial charge in [0.15, 0.2) is 6.61 Å². The van der Waals surface area contributed by atoms with Crippen molar-refractivity contribution in [2.24, 2.45) is 10.1 Å². The number of thiazole rings is 1. The van der Waals surface area contributed by atoms with Crippen LogP contribution in [0.5, 0.6) is 5.75 Å². The molecule has 0 radical (unpaired) electrons. The maximum absolute atomic E-state index is 11.8. The van der Waals surface area contributed by atoms with E-state index in [1.807, 2.05) is 54.2 Å². The van der Waals surface area contributed by atoms with Gasteiger partial charge in [-0.25, -0.2) is 9.67 Å². The van der Waals surface area contributed by atoms with Crippen LogP contribution in [0, 0.1) is 13.8 Å². The van der Waals surface area contributed by atoms with E-state index in [0.29, 0.717) is 11.4 Å². The number of benzene rings is 2. The second-order valence-corrected chi connectivity index (χ2v) is 8.93. The number of aryl methyl sites for hydroxylation is 2. The van der Waals surface area contributed by atoms with E-state index in [1.165, 1.54) is 11.3 Å². The van der Waals surface area contributed by atoms with Crippen LogP contribution in [0.15, 0.2) is 76.4 Å². The Kier molecular flexibility index (Phi) is 5.81. The van der Waals surface area contributed by atoms with Crippen LogP contribution in [-0.2, 0) is 4.79 Å². The van der Waals surface area contributed by atoms with E-state index >= 15 is 0 Å². The van der Waals surface area contributed by atoms with Gasteiger partial charge in [-0.15, -0.1) is 11.3 Å². The zero-order valence-corrected chi connectivity index (χ0v) is 19.9. The molecule has 0 unspecified atom stereocenters. The third-order valence-corrected chi connectivity index (χ3v) is 6.32. The lowest BCUT2D eigenvalue weighted by molar-refractivity contribution is -0.118. The third-order valence-electron chi connectivity index (χ3n) is 5.50. The summed E-state index contributed by atoms with van der Waals surface area (Å²) in [6.07, 6.45) is 3.53. The predicted octanol–water partition coefficient (Wildman–Crippen LogP) is 5.06. The van der Waals surface area contributed by atoms with Gasteiger partial charge in [0.2, 0.25) is 4.80 Å². The molecular formula is C26H23N5O2S. The average Bonchev–Trinajstić information content (AvgIpc) is 3.23. The number of hydrogen-bond donors (Lipinski definition) is 1. The van der Waals surface area contributed by atoms with Crippen LogP contribution in [0.3, 0.4) is 0 Å². The second kappa shape index (κ2) is 9.07. The molecule has 1 N–H and O–H groups in total. The summed E-state index contributed by atoms with van der Waals surface area (Å²) in [7, 11) is 0. The van der Waals surface area contributed by atoms with E-state index in [-0.39, 0.29) is 12.5 Å². The van der Waals surface area contributed by atoms with Gasteiger partial charge in [-0.2, -0.15) is 5.10 Å². The Morgan fingerprint density at radius 3 is 2.88 bits per heavy atom. The summed E-state index contributed by atoms with van der Waals surface area (Å²) < 4.78 is 7.37. The molecular weight excluding hydrogens is 446 g/mol. The van der Waals surface area contributed by atoms with E-state index in [9.17, 15) is 4.79 Å². The fourth-order valence-corrected chi connectivity index (χ4v) is 4.49. The van der Waals surface area contributed by atoms with Crippen molar-refractivity contribution in [3.8, 4) is 17.0 Å². The first-order valence-electron chi connectivity index (χ1n) is 10.8. The fourth-order valence-electron chi connectivity index (χ4n) is 3.64. The minimum absolute atomic E-state index is 0.0261. The highest BCUT2D eigenvalue weighted by molar-refractivity contribution is 7.07. The molecule has 2 aromatic heterocycles. The van der Waals surface area contributed by atoms with Gasteiger partial charge < -0.3 is 10.1 Å². The summed E-state index contributed by atoms with van der Waals surface area (Å²) in [5, 5.41) is 9.84. The van der Waals surface area contributed by atoms with Crippen molar-refractivity contribution in [1.29, 1.82) is 0 Å². The number of fused-ring (bicyclic) bond motifs is 1. The molecule has 0 saturated heterocycles. The number of ether oxygens (including phenoxy) is 1. The molecule has 0 aliphatic carbocycles. The molecule has 34 heavy (non-hydrogen) atoms. The number of nitrogens with zero attached hydrogens (tertiary/aromatic N) is 4. The molecule has 1 aliphatic rings. The summed E-state index contributed by atoms with van der Waals surface area (Å²) in [6, 6.07) is 15.8. The van der Waals surface area contributed by atoms with Gasteiger partial charge >= 0.3 is 0 Å². The average molecular weight is 470 g/mol. The largest absolute Gasteiger partial charge is 0.482 e. The number of pyridine rings is 1. The zero-order chi connectivity index (χ0) is 23.7. The minimum Gasteiger partial charge on any atom is -0.482 e. The summed E-state index contributed by atoms with van der Waals surface area (Å²) in [4.78, 5) is 21.7. The van der Waals surface area contributed by atoms with Gasteiger partial charge in [0.1, 0.15) is 5.75 Å². The molecule has 5 rings (SSSR count). The standard InChI is InChI=1S/C26H23N5O2S/c1-16-6-7-17(2)21(11-16)29-26-31(30-18(3)20-5-4-10-27-13-20)23(15-34-26)19-8-9-24-22(12-19)28-25(32)14-33-24/h4-13,15H,14H2,1-3H3,(H,28,32). The van der Waals surface area contributed by atoms with Crippen LogP contribution in [-0.4, -0.2) is 27.9 Å². The van der Waals surface area contributed by atoms with Crippen LogP contribution in [0.1, 0.15) is 23.6 Å². The van der Waals surface area contributed by atoms with E-state index in [4.69, 9.17) is 14.8 Å². The van der Waals surface area contributed by atoms with Gasteiger partial charge in [-0.3, -0.25) is 9.78 Å². The topological polar surface area (TPSA) is 80.9 Å². The third kappa shape index (κ3) is 4.40. The molecule has 2 aromatic carbocycles. The number of aromatic nitrogens is 2. The van der Waals surface area contributed by atoms with Gasteiger partial charge in [-0.05, 0) is 62.2 Å². The summed E-state index contributed by atoms with van der Waals surface area (Å²) >= 11 is 1.51. The quantitative estimate of drug-likeness (QED) is 0.424. The molecule has 0 saturated carbocycles. The molecule has 0 fully saturated rings. The van der Waals surface area contributed by atoms with Crippen molar-refractivity contribution in [3.63, 3.8) is 0 Å². The molecule has 0 atom stereocenters. The summed E-state index contributed by atoms with van der Waals surface area (Å²) in [5.74, 6) is 0.486. The molecule has 3 heterocycles. The van der Waals surface area contributed by atoms with Crippen LogP contribution < -0.4 is 14.9 Å². The second-order valence-electron chi connectivity index (χ2n) is 8.09. The fraction of sp³-hybridized carbons (Fsp3) is 0.154. The molecule has 4 aromatic rings. The number of anilines is 1. The van der Waals surface area contributed by atoms with Crippen molar-refractivity contribution in [1.82, 2.24) is 9.66 Å². The molecule has 1 aliphatic heterocycles. The van der Waals surface area contributed by atoms with Crippen molar-refractivity contribution in [2.45, 2.75) is 20.8 Å². The van der Waals surface area contributed by atoms with E-state index in [1.54, 1.807) is 12.4 Å². The summed E-state index contributed by atoms with van der Waals surface area (Å²) in [6.45, 7) is 6.08. The van der Waals surface area contributed by atoms with Crippen LogP contribution in [0.4, 0.5) is 11.4 Å². The van der Waals surface area contributed by atoms with Crippen molar-refractivity contribution in [3.05, 3.63) is 87.8 Å². The Hall–Kier alpha value is -4.04. The Balaban J connectivity index is 1.69. The highest BCUT2D eigenvalue weighted by Crippen LogP contribution is 2.33. The molecule has 8 heteroatoms.